The van der Waals surface area contributed by atoms with E-state index in [4.69, 9.17) is 4.99 Å². The molecule has 3 aromatic rings. The van der Waals surface area contributed by atoms with Crippen LogP contribution in [0, 0.1) is 0 Å². The molecule has 124 valence electrons. The number of hydrogen-bond donors (Lipinski definition) is 0. The summed E-state index contributed by atoms with van der Waals surface area (Å²) in [6, 6.07) is 27.4. The summed E-state index contributed by atoms with van der Waals surface area (Å²) in [6.45, 7) is 0. The quantitative estimate of drug-likeness (QED) is 0.644. The van der Waals surface area contributed by atoms with Crippen molar-refractivity contribution >= 4 is 11.7 Å². The lowest BCUT2D eigenvalue weighted by Gasteiger charge is -2.43. The van der Waals surface area contributed by atoms with Crippen LogP contribution in [-0.4, -0.2) is 10.7 Å². The van der Waals surface area contributed by atoms with Crippen molar-refractivity contribution in [2.24, 2.45) is 4.99 Å². The van der Waals surface area contributed by atoms with Gasteiger partial charge in [0.05, 0.1) is 6.20 Å². The van der Waals surface area contributed by atoms with Crippen molar-refractivity contribution in [2.75, 3.05) is 0 Å². The van der Waals surface area contributed by atoms with Gasteiger partial charge in [0, 0.05) is 29.5 Å². The maximum atomic E-state index is 4.88. The first-order valence-corrected chi connectivity index (χ1v) is 8.76. The van der Waals surface area contributed by atoms with Crippen LogP contribution >= 0.6 is 0 Å². The van der Waals surface area contributed by atoms with Crippen LogP contribution in [0.25, 0.3) is 0 Å². The van der Waals surface area contributed by atoms with Gasteiger partial charge in [-0.25, -0.2) is 0 Å². The number of hydrogen-bond acceptors (Lipinski definition) is 2. The molecule has 0 atom stereocenters. The number of allylic oxidation sites excluding steroid dienone is 2. The molecule has 2 aromatic carbocycles. The van der Waals surface area contributed by atoms with Gasteiger partial charge in [0.2, 0.25) is 5.66 Å². The monoisotopic (exact) mass is 336 g/mol. The number of aromatic nitrogens is 1. The summed E-state index contributed by atoms with van der Waals surface area (Å²) in [5.41, 5.74) is 1.85. The van der Waals surface area contributed by atoms with Crippen LogP contribution in [0.4, 0.5) is 5.82 Å². The lowest BCUT2D eigenvalue weighted by molar-refractivity contribution is -0.751. The SMILES string of the molecule is C1=CC2=Nc3cccc[n+]3C(c3ccccc3)(c3ccccc3)N2C=C1. The number of aliphatic imine (C=N–C) groups is 1. The highest BCUT2D eigenvalue weighted by Crippen LogP contribution is 2.38. The summed E-state index contributed by atoms with van der Waals surface area (Å²) < 4.78 is 2.25. The molecule has 2 aliphatic heterocycles. The van der Waals surface area contributed by atoms with Gasteiger partial charge in [-0.05, 0) is 17.1 Å². The van der Waals surface area contributed by atoms with Crippen molar-refractivity contribution in [1.29, 1.82) is 0 Å². The third kappa shape index (κ3) is 2.01. The van der Waals surface area contributed by atoms with Gasteiger partial charge < -0.3 is 0 Å². The number of nitrogens with zero attached hydrogens (tertiary/aromatic N) is 3. The van der Waals surface area contributed by atoms with Gasteiger partial charge in [-0.1, -0.05) is 72.8 Å². The molecule has 3 heterocycles. The largest absolute Gasteiger partial charge is 0.328 e. The predicted molar refractivity (Wildman–Crippen MR) is 103 cm³/mol. The summed E-state index contributed by atoms with van der Waals surface area (Å²) in [6.07, 6.45) is 10.4. The van der Waals surface area contributed by atoms with E-state index >= 15 is 0 Å². The Hall–Kier alpha value is -3.46. The molecule has 26 heavy (non-hydrogen) atoms. The van der Waals surface area contributed by atoms with Crippen LogP contribution in [-0.2, 0) is 5.66 Å². The summed E-state index contributed by atoms with van der Waals surface area (Å²) in [4.78, 5) is 7.14. The molecule has 3 nitrogen and oxygen atoms in total. The molecular weight excluding hydrogens is 318 g/mol. The van der Waals surface area contributed by atoms with E-state index in [1.165, 1.54) is 11.1 Å². The zero-order valence-electron chi connectivity index (χ0n) is 14.2. The van der Waals surface area contributed by atoms with E-state index in [2.05, 4.69) is 107 Å². The summed E-state index contributed by atoms with van der Waals surface area (Å²) in [5, 5.41) is 0. The first kappa shape index (κ1) is 14.8. The van der Waals surface area contributed by atoms with E-state index in [-0.39, 0.29) is 0 Å². The van der Waals surface area contributed by atoms with E-state index in [1.54, 1.807) is 0 Å². The first-order valence-electron chi connectivity index (χ1n) is 8.76. The Balaban J connectivity index is 1.93. The number of benzene rings is 2. The Morgan fingerprint density at radius 3 is 2.08 bits per heavy atom. The van der Waals surface area contributed by atoms with E-state index < -0.39 is 5.66 Å². The van der Waals surface area contributed by atoms with Crippen LogP contribution in [0.3, 0.4) is 0 Å². The fourth-order valence-electron chi connectivity index (χ4n) is 3.90. The fraction of sp³-hybridized carbons (Fsp3) is 0.0435. The average Bonchev–Trinajstić information content (AvgIpc) is 2.73. The van der Waals surface area contributed by atoms with Crippen molar-refractivity contribution in [3.05, 3.63) is 121 Å². The third-order valence-corrected chi connectivity index (χ3v) is 4.96. The highest BCUT2D eigenvalue weighted by atomic mass is 15.4. The van der Waals surface area contributed by atoms with Gasteiger partial charge >= 0.3 is 5.82 Å². The van der Waals surface area contributed by atoms with Gasteiger partial charge in [0.1, 0.15) is 0 Å². The number of pyridine rings is 1. The average molecular weight is 336 g/mol. The second-order valence-corrected chi connectivity index (χ2v) is 6.37. The standard InChI is InChI=1S/C23H18N3/c1-3-11-19(12-4-1)23(20-13-5-2-6-14-20)25-17-9-7-15-21(25)24-22-16-8-10-18-26(22)23/h1-18H/q+1. The molecule has 0 N–H and O–H groups in total. The van der Waals surface area contributed by atoms with Gasteiger partial charge in [-0.3, -0.25) is 4.90 Å². The van der Waals surface area contributed by atoms with Gasteiger partial charge in [0.25, 0.3) is 5.84 Å². The Labute approximate surface area is 152 Å². The second-order valence-electron chi connectivity index (χ2n) is 6.37. The van der Waals surface area contributed by atoms with E-state index in [1.807, 2.05) is 12.1 Å². The summed E-state index contributed by atoms with van der Waals surface area (Å²) in [5.74, 6) is 1.87. The van der Waals surface area contributed by atoms with Crippen LogP contribution in [0.1, 0.15) is 11.1 Å². The number of rotatable bonds is 2. The minimum absolute atomic E-state index is 0.530. The maximum Gasteiger partial charge on any atom is 0.328 e. The number of amidine groups is 1. The molecule has 0 amide bonds. The van der Waals surface area contributed by atoms with E-state index in [0.29, 0.717) is 0 Å². The van der Waals surface area contributed by atoms with Gasteiger partial charge in [-0.15, -0.1) is 0 Å². The van der Waals surface area contributed by atoms with Crippen LogP contribution < -0.4 is 4.57 Å². The smallest absolute Gasteiger partial charge is 0.261 e. The van der Waals surface area contributed by atoms with Gasteiger partial charge in [-0.2, -0.15) is 4.57 Å². The van der Waals surface area contributed by atoms with Crippen LogP contribution in [0.5, 0.6) is 0 Å². The van der Waals surface area contributed by atoms with E-state index in [0.717, 1.165) is 11.7 Å². The Morgan fingerprint density at radius 1 is 0.731 bits per heavy atom. The normalized spacial score (nSPS) is 16.6. The molecule has 2 aliphatic rings. The third-order valence-electron chi connectivity index (χ3n) is 4.96. The van der Waals surface area contributed by atoms with Crippen molar-refractivity contribution in [2.45, 2.75) is 5.66 Å². The highest BCUT2D eigenvalue weighted by molar-refractivity contribution is 5.97. The predicted octanol–water partition coefficient (Wildman–Crippen LogP) is 4.15. The molecule has 0 unspecified atom stereocenters. The molecule has 5 rings (SSSR count). The molecule has 3 heteroatoms. The molecule has 0 radical (unpaired) electrons. The van der Waals surface area contributed by atoms with Crippen LogP contribution in [0.15, 0.2) is 114 Å². The summed E-state index contributed by atoms with van der Waals surface area (Å²) in [7, 11) is 0. The van der Waals surface area contributed by atoms with E-state index in [9.17, 15) is 0 Å². The Bertz CT molecular complexity index is 994. The Kier molecular flexibility index (Phi) is 3.32. The minimum atomic E-state index is -0.530. The van der Waals surface area contributed by atoms with Crippen LogP contribution in [0.2, 0.25) is 0 Å². The molecule has 1 aromatic heterocycles. The molecular formula is C23H18N3+. The highest BCUT2D eigenvalue weighted by Gasteiger charge is 2.52. The van der Waals surface area contributed by atoms with Crippen molar-refractivity contribution in [3.8, 4) is 0 Å². The van der Waals surface area contributed by atoms with Crippen molar-refractivity contribution < 1.29 is 4.57 Å². The first-order chi connectivity index (χ1) is 12.9. The lowest BCUT2D eigenvalue weighted by Crippen LogP contribution is -2.69. The molecule has 0 saturated carbocycles. The zero-order valence-corrected chi connectivity index (χ0v) is 14.2. The molecule has 0 fully saturated rings. The fourth-order valence-corrected chi connectivity index (χ4v) is 3.90. The molecule has 0 spiro atoms. The topological polar surface area (TPSA) is 19.5 Å². The zero-order chi connectivity index (χ0) is 17.4. The van der Waals surface area contributed by atoms with Gasteiger partial charge in [0.15, 0.2) is 0 Å². The lowest BCUT2D eigenvalue weighted by atomic mass is 9.87. The summed E-state index contributed by atoms with van der Waals surface area (Å²) >= 11 is 0. The van der Waals surface area contributed by atoms with Crippen molar-refractivity contribution in [1.82, 2.24) is 4.90 Å². The minimum Gasteiger partial charge on any atom is -0.261 e. The van der Waals surface area contributed by atoms with Crippen molar-refractivity contribution in [3.63, 3.8) is 0 Å². The molecule has 0 saturated heterocycles. The number of fused-ring (bicyclic) bond motifs is 2. The molecule has 0 bridgehead atoms. The second kappa shape index (κ2) is 5.81. The molecule has 0 aliphatic carbocycles. The maximum absolute atomic E-state index is 4.88. The Morgan fingerprint density at radius 2 is 1.38 bits per heavy atom.